The lowest BCUT2D eigenvalue weighted by atomic mass is 9.97. The highest BCUT2D eigenvalue weighted by Gasteiger charge is 2.22. The molecule has 30 heavy (non-hydrogen) atoms. The van der Waals surface area contributed by atoms with Gasteiger partial charge in [0, 0.05) is 56.0 Å². The fraction of sp³-hybridized carbons (Fsp3) is 0.478. The first-order valence-corrected chi connectivity index (χ1v) is 11.0. The van der Waals surface area contributed by atoms with Gasteiger partial charge in [0.05, 0.1) is 17.9 Å². The largest absolute Gasteiger partial charge is 0.491 e. The summed E-state index contributed by atoms with van der Waals surface area (Å²) in [6.45, 7) is 5.02. The van der Waals surface area contributed by atoms with Gasteiger partial charge in [-0.3, -0.25) is 4.79 Å². The van der Waals surface area contributed by atoms with E-state index in [9.17, 15) is 4.79 Å². The minimum absolute atomic E-state index is 0.0873. The molecule has 0 aliphatic carbocycles. The van der Waals surface area contributed by atoms with Gasteiger partial charge in [0.1, 0.15) is 17.1 Å². The van der Waals surface area contributed by atoms with Crippen molar-refractivity contribution >= 4 is 17.2 Å². The highest BCUT2D eigenvalue weighted by molar-refractivity contribution is 6.06. The molecule has 2 aliphatic rings. The number of anilines is 1. The van der Waals surface area contributed by atoms with E-state index in [0.29, 0.717) is 24.0 Å². The number of nitrogens with zero attached hydrogens (tertiary/aromatic N) is 3. The van der Waals surface area contributed by atoms with Crippen LogP contribution in [0.4, 0.5) is 5.69 Å². The second-order valence-electron chi connectivity index (χ2n) is 8.08. The van der Waals surface area contributed by atoms with Gasteiger partial charge in [-0.25, -0.2) is 4.98 Å². The summed E-state index contributed by atoms with van der Waals surface area (Å²) in [5.41, 5.74) is 4.46. The van der Waals surface area contributed by atoms with Crippen LogP contribution in [0.3, 0.4) is 0 Å². The van der Waals surface area contributed by atoms with Gasteiger partial charge in [-0.2, -0.15) is 0 Å². The lowest BCUT2D eigenvalue weighted by molar-refractivity contribution is 0.0846. The molecule has 5 heterocycles. The Kier molecular flexibility index (Phi) is 5.21. The van der Waals surface area contributed by atoms with Crippen LogP contribution in [-0.4, -0.2) is 39.7 Å². The third kappa shape index (κ3) is 3.58. The summed E-state index contributed by atoms with van der Waals surface area (Å²) in [6.07, 6.45) is 11.2. The van der Waals surface area contributed by atoms with Gasteiger partial charge in [-0.15, -0.1) is 0 Å². The minimum Gasteiger partial charge on any atom is -0.491 e. The van der Waals surface area contributed by atoms with Crippen LogP contribution in [0.5, 0.6) is 5.75 Å². The Bertz CT molecular complexity index is 1060. The maximum Gasteiger partial charge on any atom is 0.257 e. The van der Waals surface area contributed by atoms with Crippen molar-refractivity contribution in [2.45, 2.75) is 51.5 Å². The van der Waals surface area contributed by atoms with Gasteiger partial charge in [0.2, 0.25) is 0 Å². The molecule has 3 aromatic heterocycles. The number of nitrogens with one attached hydrogen (secondary N) is 1. The zero-order valence-electron chi connectivity index (χ0n) is 17.4. The lowest BCUT2D eigenvalue weighted by Gasteiger charge is -2.19. The Hall–Kier alpha value is -2.80. The van der Waals surface area contributed by atoms with Gasteiger partial charge in [-0.05, 0) is 45.1 Å². The second kappa shape index (κ2) is 8.14. The SMILES string of the molecule is CCOc1cc2nc(C3CCOCC3)cn2cc1NC(=O)c1ccn2c1CCCC2. The van der Waals surface area contributed by atoms with Crippen molar-refractivity contribution in [1.29, 1.82) is 0 Å². The molecule has 1 N–H and O–H groups in total. The zero-order chi connectivity index (χ0) is 20.5. The van der Waals surface area contributed by atoms with Crippen molar-refractivity contribution in [1.82, 2.24) is 14.0 Å². The molecule has 0 spiro atoms. The van der Waals surface area contributed by atoms with E-state index in [-0.39, 0.29) is 5.91 Å². The van der Waals surface area contributed by atoms with Gasteiger partial charge in [0.25, 0.3) is 5.91 Å². The number of carbonyl (C=O) groups is 1. The van der Waals surface area contributed by atoms with Crippen molar-refractivity contribution in [2.24, 2.45) is 0 Å². The highest BCUT2D eigenvalue weighted by Crippen LogP contribution is 2.31. The van der Waals surface area contributed by atoms with E-state index in [1.165, 1.54) is 6.42 Å². The number of pyridine rings is 1. The number of ether oxygens (including phenoxy) is 2. The molecule has 0 radical (unpaired) electrons. The van der Waals surface area contributed by atoms with Crippen LogP contribution in [0.25, 0.3) is 5.65 Å². The fourth-order valence-electron chi connectivity index (χ4n) is 4.56. The minimum atomic E-state index is -0.0873. The summed E-state index contributed by atoms with van der Waals surface area (Å²) in [5.74, 6) is 0.978. The third-order valence-electron chi connectivity index (χ3n) is 6.15. The number of aromatic nitrogens is 3. The van der Waals surface area contributed by atoms with Gasteiger partial charge in [0.15, 0.2) is 0 Å². The number of carbonyl (C=O) groups excluding carboxylic acids is 1. The van der Waals surface area contributed by atoms with Crippen LogP contribution in [0, 0.1) is 0 Å². The molecule has 5 rings (SSSR count). The predicted molar refractivity (Wildman–Crippen MR) is 114 cm³/mol. The highest BCUT2D eigenvalue weighted by atomic mass is 16.5. The van der Waals surface area contributed by atoms with Crippen molar-refractivity contribution in [3.63, 3.8) is 0 Å². The standard InChI is InChI=1S/C23H28N4O3/c1-2-30-21-13-22-24-18(16-7-11-29-12-8-16)14-27(22)15-19(21)25-23(28)17-6-10-26-9-4-3-5-20(17)26/h6,10,13-16H,2-5,7-9,11-12H2,1H3,(H,25,28). The summed E-state index contributed by atoms with van der Waals surface area (Å²) >= 11 is 0. The molecular weight excluding hydrogens is 380 g/mol. The number of hydrogen-bond acceptors (Lipinski definition) is 4. The molecular formula is C23H28N4O3. The number of aryl methyl sites for hydroxylation is 1. The van der Waals surface area contributed by atoms with Crippen LogP contribution in [0.15, 0.2) is 30.7 Å². The Morgan fingerprint density at radius 3 is 3.00 bits per heavy atom. The molecule has 3 aromatic rings. The number of fused-ring (bicyclic) bond motifs is 2. The van der Waals surface area contributed by atoms with Crippen molar-refractivity contribution in [3.05, 3.63) is 47.7 Å². The first-order chi connectivity index (χ1) is 14.7. The Morgan fingerprint density at radius 2 is 2.17 bits per heavy atom. The molecule has 0 atom stereocenters. The van der Waals surface area contributed by atoms with E-state index in [0.717, 1.165) is 68.0 Å². The van der Waals surface area contributed by atoms with Crippen LogP contribution >= 0.6 is 0 Å². The van der Waals surface area contributed by atoms with Crippen LogP contribution in [0.2, 0.25) is 0 Å². The molecule has 0 unspecified atom stereocenters. The molecule has 0 saturated carbocycles. The monoisotopic (exact) mass is 408 g/mol. The first kappa shape index (κ1) is 19.2. The molecule has 7 heteroatoms. The summed E-state index contributed by atoms with van der Waals surface area (Å²) in [5, 5.41) is 3.08. The van der Waals surface area contributed by atoms with Crippen LogP contribution in [-0.2, 0) is 17.7 Å². The van der Waals surface area contributed by atoms with E-state index in [1.807, 2.05) is 35.9 Å². The quantitative estimate of drug-likeness (QED) is 0.692. The van der Waals surface area contributed by atoms with Crippen LogP contribution in [0.1, 0.15) is 60.3 Å². The lowest BCUT2D eigenvalue weighted by Crippen LogP contribution is -2.17. The zero-order valence-corrected chi connectivity index (χ0v) is 17.4. The average Bonchev–Trinajstić information content (AvgIpc) is 3.39. The molecule has 1 fully saturated rings. The Balaban J connectivity index is 1.45. The molecule has 0 aromatic carbocycles. The Labute approximate surface area is 176 Å². The molecule has 2 aliphatic heterocycles. The predicted octanol–water partition coefficient (Wildman–Crippen LogP) is 4.02. The fourth-order valence-corrected chi connectivity index (χ4v) is 4.56. The van der Waals surface area contributed by atoms with Crippen molar-refractivity contribution in [2.75, 3.05) is 25.1 Å². The average molecular weight is 409 g/mol. The summed E-state index contributed by atoms with van der Waals surface area (Å²) in [6, 6.07) is 3.84. The molecule has 158 valence electrons. The van der Waals surface area contributed by atoms with E-state index in [2.05, 4.69) is 16.1 Å². The van der Waals surface area contributed by atoms with E-state index >= 15 is 0 Å². The second-order valence-corrected chi connectivity index (χ2v) is 8.08. The van der Waals surface area contributed by atoms with Crippen molar-refractivity contribution < 1.29 is 14.3 Å². The van der Waals surface area contributed by atoms with Gasteiger partial charge in [-0.1, -0.05) is 0 Å². The summed E-state index contributed by atoms with van der Waals surface area (Å²) < 4.78 is 15.5. The summed E-state index contributed by atoms with van der Waals surface area (Å²) in [7, 11) is 0. The molecule has 7 nitrogen and oxygen atoms in total. The van der Waals surface area contributed by atoms with E-state index in [4.69, 9.17) is 14.5 Å². The summed E-state index contributed by atoms with van der Waals surface area (Å²) in [4.78, 5) is 17.9. The van der Waals surface area contributed by atoms with Gasteiger partial charge >= 0.3 is 0 Å². The van der Waals surface area contributed by atoms with Gasteiger partial charge < -0.3 is 23.8 Å². The maximum absolute atomic E-state index is 13.1. The van der Waals surface area contributed by atoms with E-state index in [1.54, 1.807) is 0 Å². The normalized spacial score (nSPS) is 17.1. The smallest absolute Gasteiger partial charge is 0.257 e. The molecule has 1 saturated heterocycles. The first-order valence-electron chi connectivity index (χ1n) is 11.0. The maximum atomic E-state index is 13.1. The van der Waals surface area contributed by atoms with Crippen molar-refractivity contribution in [3.8, 4) is 5.75 Å². The topological polar surface area (TPSA) is 69.8 Å². The number of hydrogen-bond donors (Lipinski definition) is 1. The third-order valence-corrected chi connectivity index (χ3v) is 6.15. The Morgan fingerprint density at radius 1 is 1.30 bits per heavy atom. The van der Waals surface area contributed by atoms with Crippen LogP contribution < -0.4 is 10.1 Å². The number of rotatable bonds is 5. The number of imidazole rings is 1. The number of amides is 1. The van der Waals surface area contributed by atoms with E-state index < -0.39 is 0 Å². The molecule has 0 bridgehead atoms. The molecule has 1 amide bonds.